The lowest BCUT2D eigenvalue weighted by molar-refractivity contribution is -0.108. The molecule has 2 N–H and O–H groups in total. The molecular weight excluding hydrogens is 482 g/mol. The molecule has 4 nitrogen and oxygen atoms in total. The molecule has 38 heavy (non-hydrogen) atoms. The maximum atomic E-state index is 13.5. The Bertz CT molecular complexity index is 861. The number of nitrogens with one attached hydrogen (secondary N) is 1. The van der Waals surface area contributed by atoms with Crippen molar-refractivity contribution in [2.75, 3.05) is 13.7 Å². The van der Waals surface area contributed by atoms with Gasteiger partial charge in [-0.25, -0.2) is 8.78 Å². The molecule has 2 unspecified atom stereocenters. The molecule has 212 valence electrons. The van der Waals surface area contributed by atoms with Gasteiger partial charge in [-0.2, -0.15) is 0 Å². The van der Waals surface area contributed by atoms with Crippen LogP contribution in [0.5, 0.6) is 0 Å². The van der Waals surface area contributed by atoms with Gasteiger partial charge in [-0.05, 0) is 62.9 Å². The third kappa shape index (κ3) is 20.0. The van der Waals surface area contributed by atoms with E-state index in [1.54, 1.807) is 6.08 Å². The fourth-order valence-electron chi connectivity index (χ4n) is 3.32. The van der Waals surface area contributed by atoms with E-state index in [1.165, 1.54) is 38.3 Å². The van der Waals surface area contributed by atoms with Gasteiger partial charge in [0.05, 0.1) is 0 Å². The summed E-state index contributed by atoms with van der Waals surface area (Å²) in [6.07, 6.45) is 21.3. The van der Waals surface area contributed by atoms with Crippen molar-refractivity contribution in [2.45, 2.75) is 71.6 Å². The fourth-order valence-corrected chi connectivity index (χ4v) is 3.32. The topological polar surface area (TPSA) is 61.7 Å². The van der Waals surface area contributed by atoms with Crippen LogP contribution in [0.25, 0.3) is 0 Å². The molecule has 0 saturated heterocycles. The quantitative estimate of drug-likeness (QED) is 0.136. The smallest absolute Gasteiger partial charge is 0.155 e. The van der Waals surface area contributed by atoms with Crippen molar-refractivity contribution in [3.63, 3.8) is 0 Å². The van der Waals surface area contributed by atoms with Gasteiger partial charge in [0.1, 0.15) is 6.29 Å². The van der Waals surface area contributed by atoms with E-state index in [9.17, 15) is 13.6 Å². The lowest BCUT2D eigenvalue weighted by atomic mass is 9.87. The number of allylic oxidation sites excluding steroid dienone is 11. The monoisotopic (exact) mass is 530 g/mol. The molecule has 0 amide bonds. The zero-order valence-corrected chi connectivity index (χ0v) is 23.7. The molecule has 0 aromatic heterocycles. The number of aliphatic imine (C=N–C) groups is 1. The molecule has 0 aliphatic heterocycles. The van der Waals surface area contributed by atoms with Gasteiger partial charge < -0.3 is 15.2 Å². The lowest BCUT2D eigenvalue weighted by Gasteiger charge is -2.18. The van der Waals surface area contributed by atoms with Crippen LogP contribution < -0.4 is 5.32 Å². The first-order valence-electron chi connectivity index (χ1n) is 13.0. The molecule has 6 heteroatoms. The van der Waals surface area contributed by atoms with E-state index < -0.39 is 12.3 Å². The Morgan fingerprint density at radius 1 is 1.08 bits per heavy atom. The average molecular weight is 531 g/mol. The number of hydrogen-bond donors (Lipinski definition) is 2. The van der Waals surface area contributed by atoms with Crippen molar-refractivity contribution in [3.8, 4) is 0 Å². The number of hydrogen-bond acceptors (Lipinski definition) is 4. The van der Waals surface area contributed by atoms with Gasteiger partial charge >= 0.3 is 0 Å². The predicted molar refractivity (Wildman–Crippen MR) is 161 cm³/mol. The second-order valence-electron chi connectivity index (χ2n) is 8.79. The summed E-state index contributed by atoms with van der Waals surface area (Å²) < 4.78 is 26.9. The number of aldehydes is 1. The summed E-state index contributed by atoms with van der Waals surface area (Å²) in [6.45, 7) is 17.5. The SMILES string of the molecule is C=C/C(=C\C=C(/C)CN/C=C/C(F)C(F)/C=C/N=C)C(=C)/C=C\C(C)=C/C.CO.O=CCC1CCCCC1. The van der Waals surface area contributed by atoms with E-state index in [0.717, 1.165) is 66.4 Å². The summed E-state index contributed by atoms with van der Waals surface area (Å²) in [7, 11) is 1.00. The standard InChI is InChI=1S/C23H30F2N2.C8H14O.CH4O/c1-7-18(3)9-11-20(5)21(8-2)12-10-19(4)17-27-16-14-23(25)22(24)13-15-26-6;9-7-6-8-4-2-1-3-5-8;1-2/h7-16,22-23,27H,2,5-6,17H2,1,3-4H3;7-8H,1-6H2;2H,1H3/b11-9-,15-13+,16-14+,18-7-,19-10+,21-12+;;. The number of alkyl halides is 2. The predicted octanol–water partition coefficient (Wildman–Crippen LogP) is 7.88. The largest absolute Gasteiger partial charge is 0.400 e. The number of nitrogens with zero attached hydrogens (tertiary/aromatic N) is 1. The van der Waals surface area contributed by atoms with Crippen molar-refractivity contribution in [1.82, 2.24) is 5.32 Å². The van der Waals surface area contributed by atoms with Crippen LogP contribution in [-0.2, 0) is 4.79 Å². The number of aliphatic hydroxyl groups excluding tert-OH is 1. The highest BCUT2D eigenvalue weighted by Gasteiger charge is 2.13. The third-order valence-corrected chi connectivity index (χ3v) is 5.75. The van der Waals surface area contributed by atoms with Crippen molar-refractivity contribution in [2.24, 2.45) is 10.9 Å². The van der Waals surface area contributed by atoms with Crippen LogP contribution in [0.1, 0.15) is 59.3 Å². The Morgan fingerprint density at radius 2 is 1.71 bits per heavy atom. The van der Waals surface area contributed by atoms with E-state index in [2.05, 4.69) is 30.2 Å². The van der Waals surface area contributed by atoms with Crippen LogP contribution in [-0.4, -0.2) is 44.1 Å². The van der Waals surface area contributed by atoms with E-state index in [0.29, 0.717) is 6.54 Å². The first kappa shape index (κ1) is 37.0. The van der Waals surface area contributed by atoms with Gasteiger partial charge in [0, 0.05) is 26.3 Å². The molecule has 1 aliphatic rings. The van der Waals surface area contributed by atoms with Crippen molar-refractivity contribution in [3.05, 3.63) is 96.5 Å². The van der Waals surface area contributed by atoms with E-state index in [1.807, 2.05) is 51.2 Å². The summed E-state index contributed by atoms with van der Waals surface area (Å²) in [4.78, 5) is 13.4. The van der Waals surface area contributed by atoms with Gasteiger partial charge in [0.15, 0.2) is 12.3 Å². The van der Waals surface area contributed by atoms with Gasteiger partial charge in [-0.3, -0.25) is 4.99 Å². The summed E-state index contributed by atoms with van der Waals surface area (Å²) in [6, 6.07) is 0. The van der Waals surface area contributed by atoms with Crippen molar-refractivity contribution in [1.29, 1.82) is 0 Å². The summed E-state index contributed by atoms with van der Waals surface area (Å²) in [5, 5.41) is 9.93. The lowest BCUT2D eigenvalue weighted by Crippen LogP contribution is -2.14. The Labute approximate surface area is 229 Å². The highest BCUT2D eigenvalue weighted by molar-refractivity contribution is 5.49. The van der Waals surface area contributed by atoms with Gasteiger partial charge in [-0.15, -0.1) is 0 Å². The maximum Gasteiger partial charge on any atom is 0.155 e. The Kier molecular flexibility index (Phi) is 24.9. The first-order valence-corrected chi connectivity index (χ1v) is 13.0. The van der Waals surface area contributed by atoms with E-state index >= 15 is 0 Å². The molecule has 0 heterocycles. The van der Waals surface area contributed by atoms with Crippen molar-refractivity contribution >= 4 is 13.0 Å². The average Bonchev–Trinajstić information content (AvgIpc) is 2.94. The molecule has 1 saturated carbocycles. The second-order valence-corrected chi connectivity index (χ2v) is 8.79. The van der Waals surface area contributed by atoms with Crippen molar-refractivity contribution < 1.29 is 18.7 Å². The summed E-state index contributed by atoms with van der Waals surface area (Å²) in [5.74, 6) is 0.733. The number of aliphatic hydroxyl groups is 1. The van der Waals surface area contributed by atoms with Gasteiger partial charge in [0.2, 0.25) is 0 Å². The third-order valence-electron chi connectivity index (χ3n) is 5.75. The normalized spacial score (nSPS) is 16.8. The molecule has 0 aromatic carbocycles. The zero-order valence-electron chi connectivity index (χ0n) is 23.7. The molecule has 0 spiro atoms. The van der Waals surface area contributed by atoms with E-state index in [4.69, 9.17) is 5.11 Å². The molecule has 1 fully saturated rings. The Morgan fingerprint density at radius 3 is 2.26 bits per heavy atom. The first-order chi connectivity index (χ1) is 18.3. The second kappa shape index (κ2) is 25.5. The molecule has 1 rings (SSSR count). The molecule has 0 radical (unpaired) electrons. The number of rotatable bonds is 14. The van der Waals surface area contributed by atoms with Crippen LogP contribution in [0.3, 0.4) is 0 Å². The summed E-state index contributed by atoms with van der Waals surface area (Å²) >= 11 is 0. The highest BCUT2D eigenvalue weighted by Crippen LogP contribution is 2.25. The minimum absolute atomic E-state index is 0.505. The Balaban J connectivity index is 0. The Hall–Kier alpha value is -3.12. The van der Waals surface area contributed by atoms with Crippen LogP contribution in [0.2, 0.25) is 0 Å². The number of carbonyl (C=O) groups is 1. The number of carbonyl (C=O) groups excluding carboxylic acids is 1. The van der Waals surface area contributed by atoms with Crippen LogP contribution in [0, 0.1) is 5.92 Å². The zero-order chi connectivity index (χ0) is 29.2. The maximum absolute atomic E-state index is 13.5. The van der Waals surface area contributed by atoms with Crippen LogP contribution >= 0.6 is 0 Å². The minimum atomic E-state index is -1.74. The van der Waals surface area contributed by atoms with Gasteiger partial charge in [-0.1, -0.05) is 92.9 Å². The summed E-state index contributed by atoms with van der Waals surface area (Å²) in [5.41, 5.74) is 3.94. The number of halogens is 2. The van der Waals surface area contributed by atoms with Crippen LogP contribution in [0.15, 0.2) is 101 Å². The molecular formula is C32H48F2N2O2. The van der Waals surface area contributed by atoms with Gasteiger partial charge in [0.25, 0.3) is 0 Å². The highest BCUT2D eigenvalue weighted by atomic mass is 19.2. The molecule has 0 bridgehead atoms. The molecule has 2 atom stereocenters. The fraction of sp³-hybridized carbons (Fsp3) is 0.438. The molecule has 1 aliphatic carbocycles. The molecule has 0 aromatic rings. The van der Waals surface area contributed by atoms with E-state index in [-0.39, 0.29) is 0 Å². The minimum Gasteiger partial charge on any atom is -0.400 e. The van der Waals surface area contributed by atoms with Crippen LogP contribution in [0.4, 0.5) is 8.78 Å².